The van der Waals surface area contributed by atoms with Crippen molar-refractivity contribution in [1.29, 1.82) is 0 Å². The molecule has 16 heteroatoms. The van der Waals surface area contributed by atoms with E-state index < -0.39 is 53.8 Å². The largest absolute Gasteiger partial charge is 0.508 e. The summed E-state index contributed by atoms with van der Waals surface area (Å²) in [5, 5.41) is 35.5. The minimum Gasteiger partial charge on any atom is -0.508 e. The number of nitrogens with zero attached hydrogens (tertiary/aromatic N) is 1. The summed E-state index contributed by atoms with van der Waals surface area (Å²) in [5.41, 5.74) is 17.0. The van der Waals surface area contributed by atoms with Crippen molar-refractivity contribution in [3.05, 3.63) is 29.8 Å². The number of carboxylic acid groups (broad SMARTS) is 2. The summed E-state index contributed by atoms with van der Waals surface area (Å²) in [5.74, 6) is -4.36. The van der Waals surface area contributed by atoms with Crippen LogP contribution in [0.15, 0.2) is 29.3 Å². The van der Waals surface area contributed by atoms with Gasteiger partial charge in [0, 0.05) is 19.4 Å². The minimum absolute atomic E-state index is 0.0125. The Morgan fingerprint density at radius 2 is 1.46 bits per heavy atom. The van der Waals surface area contributed by atoms with E-state index in [-0.39, 0.29) is 56.8 Å². The Balaban J connectivity index is 3.17. The second kappa shape index (κ2) is 18.3. The molecule has 0 saturated heterocycles. The third-order valence-corrected chi connectivity index (χ3v) is 6.46. The molecule has 1 rings (SSSR count). The normalized spacial score (nSPS) is 13.6. The zero-order valence-corrected chi connectivity index (χ0v) is 23.6. The van der Waals surface area contributed by atoms with Crippen molar-refractivity contribution < 1.29 is 39.3 Å². The van der Waals surface area contributed by atoms with Gasteiger partial charge in [-0.15, -0.1) is 0 Å². The van der Waals surface area contributed by atoms with Crippen molar-refractivity contribution in [1.82, 2.24) is 16.0 Å². The molecule has 0 aliphatic heterocycles. The number of hydrogen-bond acceptors (Lipinski definition) is 9. The molecule has 1 aromatic carbocycles. The number of carboxylic acids is 2. The lowest BCUT2D eigenvalue weighted by atomic mass is 10.0. The average molecular weight is 598 g/mol. The molecule has 1 aromatic rings. The van der Waals surface area contributed by atoms with E-state index in [1.54, 1.807) is 6.26 Å². The molecule has 0 aliphatic rings. The van der Waals surface area contributed by atoms with E-state index in [0.717, 1.165) is 0 Å². The van der Waals surface area contributed by atoms with Crippen molar-refractivity contribution in [3.63, 3.8) is 0 Å². The van der Waals surface area contributed by atoms with Crippen LogP contribution in [-0.4, -0.2) is 93.7 Å². The molecule has 228 valence electrons. The average Bonchev–Trinajstić information content (AvgIpc) is 2.91. The standard InChI is InChI=1S/C25H39N7O8S/c1-41-12-10-18(24(39)40)31-22(37)17(3-2-11-29-25(27)28)30-23(38)19(13-14-4-6-15(33)7-5-14)32-21(36)16(26)8-9-20(34)35/h4-7,16-19,33H,2-3,8-13,26H2,1H3,(H,30,38)(H,31,37)(H,32,36)(H,34,35)(H,39,40)(H4,27,28,29). The smallest absolute Gasteiger partial charge is 0.326 e. The van der Waals surface area contributed by atoms with Crippen LogP contribution in [0.25, 0.3) is 0 Å². The highest BCUT2D eigenvalue weighted by atomic mass is 32.2. The number of nitrogens with one attached hydrogen (secondary N) is 3. The van der Waals surface area contributed by atoms with Gasteiger partial charge >= 0.3 is 11.9 Å². The zero-order valence-electron chi connectivity index (χ0n) is 22.7. The van der Waals surface area contributed by atoms with E-state index in [1.807, 2.05) is 0 Å². The highest BCUT2D eigenvalue weighted by Crippen LogP contribution is 2.12. The van der Waals surface area contributed by atoms with Gasteiger partial charge in [0.15, 0.2) is 5.96 Å². The molecule has 0 aliphatic carbocycles. The molecule has 0 radical (unpaired) electrons. The van der Waals surface area contributed by atoms with Crippen LogP contribution in [0, 0.1) is 0 Å². The van der Waals surface area contributed by atoms with Crippen LogP contribution < -0.4 is 33.2 Å². The summed E-state index contributed by atoms with van der Waals surface area (Å²) in [6.07, 6.45) is 1.67. The van der Waals surface area contributed by atoms with Gasteiger partial charge in [0.1, 0.15) is 23.9 Å². The summed E-state index contributed by atoms with van der Waals surface area (Å²) in [7, 11) is 0. The molecule has 12 N–H and O–H groups in total. The van der Waals surface area contributed by atoms with Crippen LogP contribution in [0.1, 0.15) is 37.7 Å². The van der Waals surface area contributed by atoms with Gasteiger partial charge in [-0.25, -0.2) is 4.79 Å². The predicted octanol–water partition coefficient (Wildman–Crippen LogP) is -1.53. The summed E-state index contributed by atoms with van der Waals surface area (Å²) < 4.78 is 0. The summed E-state index contributed by atoms with van der Waals surface area (Å²) in [4.78, 5) is 65.6. The van der Waals surface area contributed by atoms with Gasteiger partial charge in [0.25, 0.3) is 0 Å². The first kappa shape index (κ1) is 35.0. The molecule has 4 atom stereocenters. The maximum absolute atomic E-state index is 13.4. The van der Waals surface area contributed by atoms with E-state index >= 15 is 0 Å². The van der Waals surface area contributed by atoms with Gasteiger partial charge in [0.05, 0.1) is 6.04 Å². The number of aromatic hydroxyl groups is 1. The van der Waals surface area contributed by atoms with Gasteiger partial charge in [-0.2, -0.15) is 11.8 Å². The Bertz CT molecular complexity index is 1070. The Labute approximate surface area is 241 Å². The number of benzene rings is 1. The highest BCUT2D eigenvalue weighted by Gasteiger charge is 2.30. The van der Waals surface area contributed by atoms with Gasteiger partial charge in [-0.1, -0.05) is 12.1 Å². The SMILES string of the molecule is CSCCC(NC(=O)C(CCCN=C(N)N)NC(=O)C(Cc1ccc(O)cc1)NC(=O)C(N)CCC(=O)O)C(=O)O. The Morgan fingerprint density at radius 1 is 0.878 bits per heavy atom. The number of aliphatic carboxylic acids is 2. The van der Waals surface area contributed by atoms with E-state index in [9.17, 15) is 34.2 Å². The molecule has 41 heavy (non-hydrogen) atoms. The van der Waals surface area contributed by atoms with Crippen LogP contribution in [0.4, 0.5) is 0 Å². The number of nitrogens with two attached hydrogens (primary N) is 3. The van der Waals surface area contributed by atoms with Gasteiger partial charge in [-0.3, -0.25) is 24.2 Å². The molecule has 0 saturated carbocycles. The first-order chi connectivity index (χ1) is 19.3. The second-order valence-electron chi connectivity index (χ2n) is 9.16. The molecule has 0 bridgehead atoms. The van der Waals surface area contributed by atoms with Crippen molar-refractivity contribution in [2.75, 3.05) is 18.6 Å². The highest BCUT2D eigenvalue weighted by molar-refractivity contribution is 7.98. The number of phenolic OH excluding ortho intramolecular Hbond substituents is 1. The van der Waals surface area contributed by atoms with Crippen molar-refractivity contribution in [2.24, 2.45) is 22.2 Å². The van der Waals surface area contributed by atoms with Gasteiger partial charge in [-0.05, 0) is 55.4 Å². The molecule has 4 unspecified atom stereocenters. The lowest BCUT2D eigenvalue weighted by Gasteiger charge is -2.25. The predicted molar refractivity (Wildman–Crippen MR) is 153 cm³/mol. The van der Waals surface area contributed by atoms with Crippen molar-refractivity contribution >= 4 is 47.4 Å². The number of rotatable bonds is 19. The molecule has 0 spiro atoms. The molecular formula is C25H39N7O8S. The van der Waals surface area contributed by atoms with E-state index in [4.69, 9.17) is 22.3 Å². The van der Waals surface area contributed by atoms with Crippen LogP contribution in [0.2, 0.25) is 0 Å². The quantitative estimate of drug-likeness (QED) is 0.0499. The molecule has 3 amide bonds. The van der Waals surface area contributed by atoms with E-state index in [2.05, 4.69) is 20.9 Å². The van der Waals surface area contributed by atoms with E-state index in [1.165, 1.54) is 36.0 Å². The molecule has 0 fully saturated rings. The van der Waals surface area contributed by atoms with Crippen molar-refractivity contribution in [3.8, 4) is 5.75 Å². The fourth-order valence-electron chi connectivity index (χ4n) is 3.58. The number of phenols is 1. The number of carbonyl (C=O) groups is 5. The molecule has 15 nitrogen and oxygen atoms in total. The topological polar surface area (TPSA) is 273 Å². The fourth-order valence-corrected chi connectivity index (χ4v) is 4.05. The molecule has 0 heterocycles. The molecule has 0 aromatic heterocycles. The second-order valence-corrected chi connectivity index (χ2v) is 10.1. The van der Waals surface area contributed by atoms with Crippen LogP contribution >= 0.6 is 11.8 Å². The monoisotopic (exact) mass is 597 g/mol. The third kappa shape index (κ3) is 14.2. The first-order valence-corrected chi connectivity index (χ1v) is 14.2. The number of hydrogen-bond donors (Lipinski definition) is 9. The Hall–Kier alpha value is -4.05. The number of thioether (sulfide) groups is 1. The first-order valence-electron chi connectivity index (χ1n) is 12.8. The lowest BCUT2D eigenvalue weighted by Crippen LogP contribution is -2.57. The third-order valence-electron chi connectivity index (χ3n) is 5.82. The number of amides is 3. The summed E-state index contributed by atoms with van der Waals surface area (Å²) >= 11 is 1.41. The Kier molecular flexibility index (Phi) is 15.6. The number of aliphatic imine (C=N–C) groups is 1. The van der Waals surface area contributed by atoms with Gasteiger partial charge in [0.2, 0.25) is 17.7 Å². The van der Waals surface area contributed by atoms with Gasteiger partial charge < -0.3 is 48.5 Å². The lowest BCUT2D eigenvalue weighted by molar-refractivity contribution is -0.142. The fraction of sp³-hybridized carbons (Fsp3) is 0.520. The summed E-state index contributed by atoms with van der Waals surface area (Å²) in [6, 6.07) is 1.01. The van der Waals surface area contributed by atoms with Crippen LogP contribution in [0.3, 0.4) is 0 Å². The van der Waals surface area contributed by atoms with Crippen LogP contribution in [-0.2, 0) is 30.4 Å². The minimum atomic E-state index is -1.25. The van der Waals surface area contributed by atoms with E-state index in [0.29, 0.717) is 11.3 Å². The number of carbonyl (C=O) groups excluding carboxylic acids is 3. The number of guanidine groups is 1. The Morgan fingerprint density at radius 3 is 2.02 bits per heavy atom. The maximum Gasteiger partial charge on any atom is 0.326 e. The summed E-state index contributed by atoms with van der Waals surface area (Å²) in [6.45, 7) is 0.142. The van der Waals surface area contributed by atoms with Crippen molar-refractivity contribution in [2.45, 2.75) is 62.7 Å². The van der Waals surface area contributed by atoms with Crippen LogP contribution in [0.5, 0.6) is 5.75 Å². The molecular weight excluding hydrogens is 558 g/mol. The maximum atomic E-state index is 13.4. The zero-order chi connectivity index (χ0) is 30.9.